The number of imidazole rings is 1. The number of carbonyl (C=O) groups is 1. The molecule has 2 aromatic rings. The van der Waals surface area contributed by atoms with Gasteiger partial charge in [0.05, 0.1) is 17.7 Å². The molecule has 3 rings (SSSR count). The Morgan fingerprint density at radius 1 is 1.43 bits per heavy atom. The van der Waals surface area contributed by atoms with Gasteiger partial charge >= 0.3 is 0 Å². The first-order chi connectivity index (χ1) is 10.2. The van der Waals surface area contributed by atoms with Crippen LogP contribution < -0.4 is 11.1 Å². The number of nitrogens with one attached hydrogen (secondary N) is 1. The molecular weight excluding hydrogens is 268 g/mol. The molecule has 1 amide bonds. The van der Waals surface area contributed by atoms with Gasteiger partial charge in [0.15, 0.2) is 0 Å². The van der Waals surface area contributed by atoms with E-state index >= 15 is 0 Å². The summed E-state index contributed by atoms with van der Waals surface area (Å²) in [5.41, 5.74) is 7.06. The zero-order chi connectivity index (χ0) is 14.7. The van der Waals surface area contributed by atoms with Gasteiger partial charge in [-0.2, -0.15) is 0 Å². The summed E-state index contributed by atoms with van der Waals surface area (Å²) in [4.78, 5) is 16.9. The molecule has 0 bridgehead atoms. The van der Waals surface area contributed by atoms with Gasteiger partial charge in [-0.25, -0.2) is 4.98 Å². The van der Waals surface area contributed by atoms with Crippen molar-refractivity contribution in [2.75, 3.05) is 19.8 Å². The molecule has 0 spiro atoms. The molecule has 1 saturated heterocycles. The van der Waals surface area contributed by atoms with Crippen LogP contribution in [0.2, 0.25) is 0 Å². The fraction of sp³-hybridized carbons (Fsp3) is 0.467. The van der Waals surface area contributed by atoms with E-state index in [4.69, 9.17) is 10.5 Å². The lowest BCUT2D eigenvalue weighted by molar-refractivity contribution is -0.136. The Bertz CT molecular complexity index is 598. The van der Waals surface area contributed by atoms with Crippen molar-refractivity contribution in [1.82, 2.24) is 14.7 Å². The van der Waals surface area contributed by atoms with Crippen molar-refractivity contribution in [3.63, 3.8) is 0 Å². The Kier molecular flexibility index (Phi) is 3.90. The summed E-state index contributed by atoms with van der Waals surface area (Å²) in [5, 5.41) is 2.97. The number of nitrogens with zero attached hydrogens (tertiary/aromatic N) is 2. The van der Waals surface area contributed by atoms with Gasteiger partial charge in [0.25, 0.3) is 0 Å². The summed E-state index contributed by atoms with van der Waals surface area (Å²) in [5.74, 6) is 0.00496. The Balaban J connectivity index is 1.67. The molecule has 3 N–H and O–H groups in total. The highest BCUT2D eigenvalue weighted by molar-refractivity contribution is 5.83. The molecule has 0 radical (unpaired) electrons. The fourth-order valence-corrected chi connectivity index (χ4v) is 2.72. The monoisotopic (exact) mass is 288 g/mol. The maximum absolute atomic E-state index is 12.5. The van der Waals surface area contributed by atoms with Crippen LogP contribution in [0.4, 0.5) is 0 Å². The van der Waals surface area contributed by atoms with Crippen LogP contribution in [-0.4, -0.2) is 35.1 Å². The van der Waals surface area contributed by atoms with E-state index in [0.29, 0.717) is 39.1 Å². The number of pyridine rings is 1. The number of ether oxygens (including phenoxy) is 1. The molecule has 1 aliphatic rings. The lowest BCUT2D eigenvalue weighted by Gasteiger charge is -2.34. The maximum atomic E-state index is 12.5. The minimum absolute atomic E-state index is 0.00496. The van der Waals surface area contributed by atoms with Crippen LogP contribution in [0, 0.1) is 5.41 Å². The topological polar surface area (TPSA) is 81.7 Å². The van der Waals surface area contributed by atoms with Crippen molar-refractivity contribution in [3.05, 3.63) is 36.3 Å². The van der Waals surface area contributed by atoms with Crippen molar-refractivity contribution >= 4 is 11.6 Å². The predicted molar refractivity (Wildman–Crippen MR) is 78.6 cm³/mol. The van der Waals surface area contributed by atoms with E-state index in [1.807, 2.05) is 35.0 Å². The third-order valence-electron chi connectivity index (χ3n) is 4.17. The maximum Gasteiger partial charge on any atom is 0.227 e. The molecule has 112 valence electrons. The average molecular weight is 288 g/mol. The highest BCUT2D eigenvalue weighted by atomic mass is 16.5. The molecule has 0 atom stereocenters. The second-order valence-corrected chi connectivity index (χ2v) is 5.48. The zero-order valence-corrected chi connectivity index (χ0v) is 11.9. The molecule has 0 aliphatic carbocycles. The van der Waals surface area contributed by atoms with E-state index in [2.05, 4.69) is 10.3 Å². The van der Waals surface area contributed by atoms with Crippen molar-refractivity contribution in [2.24, 2.45) is 11.1 Å². The van der Waals surface area contributed by atoms with Crippen LogP contribution in [0.3, 0.4) is 0 Å². The number of hydrogen-bond acceptors (Lipinski definition) is 4. The van der Waals surface area contributed by atoms with E-state index < -0.39 is 5.41 Å². The Labute approximate surface area is 123 Å². The zero-order valence-electron chi connectivity index (χ0n) is 11.9. The van der Waals surface area contributed by atoms with Gasteiger partial charge in [-0.3, -0.25) is 4.79 Å². The van der Waals surface area contributed by atoms with Crippen LogP contribution >= 0.6 is 0 Å². The quantitative estimate of drug-likeness (QED) is 0.868. The van der Waals surface area contributed by atoms with Crippen LogP contribution in [0.25, 0.3) is 5.65 Å². The van der Waals surface area contributed by atoms with E-state index in [1.54, 1.807) is 0 Å². The van der Waals surface area contributed by atoms with E-state index in [0.717, 1.165) is 11.3 Å². The van der Waals surface area contributed by atoms with Gasteiger partial charge in [0.2, 0.25) is 5.91 Å². The molecule has 21 heavy (non-hydrogen) atoms. The summed E-state index contributed by atoms with van der Waals surface area (Å²) in [6.07, 6.45) is 5.23. The molecule has 0 aromatic carbocycles. The molecule has 0 unspecified atom stereocenters. The number of rotatable bonds is 4. The summed E-state index contributed by atoms with van der Waals surface area (Å²) < 4.78 is 7.27. The molecular formula is C15H20N4O2. The van der Waals surface area contributed by atoms with Gasteiger partial charge in [-0.15, -0.1) is 0 Å². The number of fused-ring (bicyclic) bond motifs is 1. The Hall–Kier alpha value is -1.92. The molecule has 0 saturated carbocycles. The minimum Gasteiger partial charge on any atom is -0.381 e. The van der Waals surface area contributed by atoms with Crippen molar-refractivity contribution < 1.29 is 9.53 Å². The largest absolute Gasteiger partial charge is 0.381 e. The second-order valence-electron chi connectivity index (χ2n) is 5.48. The second kappa shape index (κ2) is 5.83. The third-order valence-corrected chi connectivity index (χ3v) is 4.17. The van der Waals surface area contributed by atoms with Crippen LogP contribution in [0.5, 0.6) is 0 Å². The molecule has 3 heterocycles. The lowest BCUT2D eigenvalue weighted by atomic mass is 9.79. The third kappa shape index (κ3) is 2.77. The first-order valence-electron chi connectivity index (χ1n) is 7.22. The van der Waals surface area contributed by atoms with Crippen molar-refractivity contribution in [2.45, 2.75) is 19.4 Å². The van der Waals surface area contributed by atoms with Crippen LogP contribution in [0.1, 0.15) is 18.5 Å². The Morgan fingerprint density at radius 3 is 2.95 bits per heavy atom. The molecule has 1 aliphatic heterocycles. The smallest absolute Gasteiger partial charge is 0.227 e. The number of hydrogen-bond donors (Lipinski definition) is 2. The van der Waals surface area contributed by atoms with Crippen molar-refractivity contribution in [3.8, 4) is 0 Å². The summed E-state index contributed by atoms with van der Waals surface area (Å²) in [6.45, 7) is 1.97. The molecule has 6 heteroatoms. The number of carbonyl (C=O) groups excluding carboxylic acids is 1. The highest BCUT2D eigenvalue weighted by Crippen LogP contribution is 2.29. The van der Waals surface area contributed by atoms with Gasteiger partial charge in [0, 0.05) is 32.2 Å². The number of amides is 1. The average Bonchev–Trinajstić information content (AvgIpc) is 2.96. The minimum atomic E-state index is -0.489. The van der Waals surface area contributed by atoms with Crippen LogP contribution in [0.15, 0.2) is 30.6 Å². The standard InChI is InChI=1S/C15H20N4O2/c16-11-15(4-7-21-8-5-15)14(20)17-9-12-10-19-6-2-1-3-13(19)18-12/h1-3,6,10H,4-5,7-9,11,16H2,(H,17,20). The molecule has 1 fully saturated rings. The van der Waals surface area contributed by atoms with Crippen LogP contribution in [-0.2, 0) is 16.1 Å². The normalized spacial score (nSPS) is 17.8. The van der Waals surface area contributed by atoms with Gasteiger partial charge in [0.1, 0.15) is 5.65 Å². The van der Waals surface area contributed by atoms with Crippen molar-refractivity contribution in [1.29, 1.82) is 0 Å². The summed E-state index contributed by atoms with van der Waals surface area (Å²) in [6, 6.07) is 5.82. The summed E-state index contributed by atoms with van der Waals surface area (Å²) in [7, 11) is 0. The molecule has 6 nitrogen and oxygen atoms in total. The van der Waals surface area contributed by atoms with E-state index in [1.165, 1.54) is 0 Å². The first kappa shape index (κ1) is 14.0. The van der Waals surface area contributed by atoms with Gasteiger partial charge < -0.3 is 20.2 Å². The van der Waals surface area contributed by atoms with E-state index in [-0.39, 0.29) is 5.91 Å². The summed E-state index contributed by atoms with van der Waals surface area (Å²) >= 11 is 0. The first-order valence-corrected chi connectivity index (χ1v) is 7.22. The predicted octanol–water partition coefficient (Wildman–Crippen LogP) is 0.706. The highest BCUT2D eigenvalue weighted by Gasteiger charge is 2.38. The lowest BCUT2D eigenvalue weighted by Crippen LogP contribution is -2.49. The number of aromatic nitrogens is 2. The Morgan fingerprint density at radius 2 is 2.24 bits per heavy atom. The van der Waals surface area contributed by atoms with E-state index in [9.17, 15) is 4.79 Å². The van der Waals surface area contributed by atoms with Gasteiger partial charge in [-0.1, -0.05) is 6.07 Å². The molecule has 2 aromatic heterocycles. The fourth-order valence-electron chi connectivity index (χ4n) is 2.72. The SMILES string of the molecule is NCC1(C(=O)NCc2cn3ccccc3n2)CCOCC1. The number of nitrogens with two attached hydrogens (primary N) is 1. The van der Waals surface area contributed by atoms with Gasteiger partial charge in [-0.05, 0) is 25.0 Å².